The zero-order valence-corrected chi connectivity index (χ0v) is 22.4. The van der Waals surface area contributed by atoms with Gasteiger partial charge in [0.15, 0.2) is 10.8 Å². The molecule has 1 unspecified atom stereocenters. The fourth-order valence-electron chi connectivity index (χ4n) is 5.99. The Morgan fingerprint density at radius 3 is 2.80 bits per heavy atom. The summed E-state index contributed by atoms with van der Waals surface area (Å²) in [5, 5.41) is 14.6. The molecular weight excluding hydrogens is 545 g/mol. The van der Waals surface area contributed by atoms with Crippen molar-refractivity contribution < 1.29 is 32.6 Å². The van der Waals surface area contributed by atoms with Crippen LogP contribution in [-0.4, -0.2) is 63.9 Å². The van der Waals surface area contributed by atoms with Crippen molar-refractivity contribution in [3.8, 4) is 12.3 Å². The number of aliphatic carboxylic acids is 1. The van der Waals surface area contributed by atoms with E-state index < -0.39 is 48.2 Å². The second kappa shape index (κ2) is 11.1. The molecular formula is C28H27F3N4O4S. The van der Waals surface area contributed by atoms with E-state index in [0.717, 1.165) is 0 Å². The fraction of sp³-hybridized carbons (Fsp3) is 0.429. The highest BCUT2D eigenvalue weighted by Crippen LogP contribution is 2.49. The minimum atomic E-state index is -3.03. The van der Waals surface area contributed by atoms with Crippen molar-refractivity contribution in [1.82, 2.24) is 15.2 Å². The Morgan fingerprint density at radius 2 is 2.15 bits per heavy atom. The molecule has 210 valence electrons. The van der Waals surface area contributed by atoms with Crippen LogP contribution in [0, 0.1) is 24.1 Å². The van der Waals surface area contributed by atoms with Crippen molar-refractivity contribution in [2.75, 3.05) is 13.2 Å². The number of nitrogens with zero attached hydrogens (tertiary/aromatic N) is 3. The van der Waals surface area contributed by atoms with Crippen LogP contribution in [-0.2, 0) is 14.3 Å². The number of amidine groups is 1. The second-order valence-corrected chi connectivity index (χ2v) is 10.9. The first-order valence-electron chi connectivity index (χ1n) is 12.9. The molecule has 3 aliphatic heterocycles. The molecule has 5 rings (SSSR count). The highest BCUT2D eigenvalue weighted by molar-refractivity contribution is 7.11. The summed E-state index contributed by atoms with van der Waals surface area (Å²) in [6.45, 7) is 1.59. The standard InChI is InChI=1S/C28H27F3N4O4S/c1-3-17-18(6-5-7-19(17)29)24-23(27(38)39-4-2)20(33-25(34-24)26-32-8-9-40-26)14-35-16-10-15(12-22(36)37)11-21(35)28(30,31)13-16/h1,5-9,15-16,21,24H,4,10-14H2,2H3,(H,33,34)(H,36,37)/t15-,16+,21-,24?/m0/s1. The van der Waals surface area contributed by atoms with Crippen molar-refractivity contribution in [3.05, 3.63) is 63.0 Å². The summed E-state index contributed by atoms with van der Waals surface area (Å²) in [6.07, 6.45) is 6.95. The van der Waals surface area contributed by atoms with E-state index in [4.69, 9.17) is 16.2 Å². The molecule has 0 saturated carbocycles. The van der Waals surface area contributed by atoms with Gasteiger partial charge in [-0.3, -0.25) is 14.7 Å². The van der Waals surface area contributed by atoms with Crippen LogP contribution in [0.5, 0.6) is 0 Å². The molecule has 2 aromatic rings. The molecule has 2 fully saturated rings. The molecule has 2 saturated heterocycles. The number of benzene rings is 1. The van der Waals surface area contributed by atoms with Crippen LogP contribution in [0.2, 0.25) is 0 Å². The van der Waals surface area contributed by atoms with Gasteiger partial charge in [-0.1, -0.05) is 18.1 Å². The number of terminal acetylenes is 1. The number of piperidine rings is 1. The number of carbonyl (C=O) groups is 2. The summed E-state index contributed by atoms with van der Waals surface area (Å²) < 4.78 is 50.4. The number of carbonyl (C=O) groups excluding carboxylic acids is 1. The van der Waals surface area contributed by atoms with Crippen molar-refractivity contribution in [3.63, 3.8) is 0 Å². The predicted molar refractivity (Wildman–Crippen MR) is 141 cm³/mol. The van der Waals surface area contributed by atoms with E-state index in [1.807, 2.05) is 0 Å². The van der Waals surface area contributed by atoms with E-state index in [1.165, 1.54) is 23.5 Å². The molecule has 12 heteroatoms. The van der Waals surface area contributed by atoms with Crippen LogP contribution in [0.4, 0.5) is 13.2 Å². The number of alkyl halides is 2. The molecule has 0 radical (unpaired) electrons. The first kappa shape index (κ1) is 27.9. The molecule has 4 atom stereocenters. The van der Waals surface area contributed by atoms with Crippen LogP contribution in [0.15, 0.2) is 46.0 Å². The summed E-state index contributed by atoms with van der Waals surface area (Å²) in [5.74, 6) is -3.18. The number of carboxylic acid groups (broad SMARTS) is 1. The zero-order chi connectivity index (χ0) is 28.6. The number of hydrogen-bond acceptors (Lipinski definition) is 8. The molecule has 40 heavy (non-hydrogen) atoms. The Morgan fingerprint density at radius 1 is 1.35 bits per heavy atom. The highest BCUT2D eigenvalue weighted by Gasteiger charge is 2.57. The molecule has 0 amide bonds. The van der Waals surface area contributed by atoms with Crippen LogP contribution >= 0.6 is 11.3 Å². The quantitative estimate of drug-likeness (QED) is 0.362. The van der Waals surface area contributed by atoms with Gasteiger partial charge >= 0.3 is 11.9 Å². The van der Waals surface area contributed by atoms with Crippen LogP contribution in [0.1, 0.15) is 54.8 Å². The van der Waals surface area contributed by atoms with Gasteiger partial charge in [-0.05, 0) is 37.3 Å². The summed E-state index contributed by atoms with van der Waals surface area (Å²) in [7, 11) is 0. The molecule has 1 aromatic carbocycles. The third kappa shape index (κ3) is 5.23. The summed E-state index contributed by atoms with van der Waals surface area (Å²) in [4.78, 5) is 35.4. The van der Waals surface area contributed by atoms with Crippen molar-refractivity contribution in [2.45, 2.75) is 56.7 Å². The maximum atomic E-state index is 15.2. The fourth-order valence-corrected chi connectivity index (χ4v) is 6.58. The predicted octanol–water partition coefficient (Wildman–Crippen LogP) is 4.13. The lowest BCUT2D eigenvalue weighted by Crippen LogP contribution is -2.50. The van der Waals surface area contributed by atoms with Gasteiger partial charge in [0.1, 0.15) is 11.9 Å². The number of aromatic nitrogens is 1. The molecule has 1 aromatic heterocycles. The minimum Gasteiger partial charge on any atom is -0.481 e. The Labute approximate surface area is 233 Å². The summed E-state index contributed by atoms with van der Waals surface area (Å²) in [5.41, 5.74) is 0.505. The maximum absolute atomic E-state index is 15.2. The molecule has 0 spiro atoms. The van der Waals surface area contributed by atoms with E-state index in [9.17, 15) is 19.1 Å². The van der Waals surface area contributed by atoms with Gasteiger partial charge in [0, 0.05) is 42.7 Å². The van der Waals surface area contributed by atoms with Gasteiger partial charge in [-0.15, -0.1) is 17.8 Å². The molecule has 2 bridgehead atoms. The number of ether oxygens (including phenoxy) is 1. The zero-order valence-electron chi connectivity index (χ0n) is 21.6. The summed E-state index contributed by atoms with van der Waals surface area (Å²) >= 11 is 1.28. The summed E-state index contributed by atoms with van der Waals surface area (Å²) in [6, 6.07) is 1.36. The van der Waals surface area contributed by atoms with E-state index in [0.29, 0.717) is 11.4 Å². The van der Waals surface area contributed by atoms with Crippen molar-refractivity contribution >= 4 is 29.1 Å². The Hall–Kier alpha value is -3.69. The number of esters is 1. The van der Waals surface area contributed by atoms with Gasteiger partial charge < -0.3 is 15.2 Å². The molecule has 8 nitrogen and oxygen atoms in total. The lowest BCUT2D eigenvalue weighted by atomic mass is 9.87. The number of nitrogens with one attached hydrogen (secondary N) is 1. The lowest BCUT2D eigenvalue weighted by molar-refractivity contribution is -0.140. The van der Waals surface area contributed by atoms with Gasteiger partial charge in [-0.2, -0.15) is 0 Å². The second-order valence-electron chi connectivity index (χ2n) is 10.0. The number of fused-ring (bicyclic) bond motifs is 2. The number of thiazole rings is 1. The van der Waals surface area contributed by atoms with E-state index in [1.54, 1.807) is 29.5 Å². The number of halogens is 3. The Balaban J connectivity index is 1.61. The molecule has 2 N–H and O–H groups in total. The third-order valence-electron chi connectivity index (χ3n) is 7.57. The van der Waals surface area contributed by atoms with Crippen LogP contribution in [0.25, 0.3) is 0 Å². The first-order chi connectivity index (χ1) is 19.1. The largest absolute Gasteiger partial charge is 0.481 e. The molecule has 0 aliphatic carbocycles. The monoisotopic (exact) mass is 572 g/mol. The number of hydrogen-bond donors (Lipinski definition) is 2. The SMILES string of the molecule is C#Cc1c(F)cccc1C1N=C(c2nccs2)NC(CN2[C@@H]3C[C@H](CC(=O)O)C[C@H]2C(F)(F)C3)=C1C(=O)OCC. The average molecular weight is 573 g/mol. The highest BCUT2D eigenvalue weighted by atomic mass is 32.1. The topological polar surface area (TPSA) is 104 Å². The van der Waals surface area contributed by atoms with Crippen LogP contribution in [0.3, 0.4) is 0 Å². The normalized spacial score (nSPS) is 25.6. The van der Waals surface area contributed by atoms with Gasteiger partial charge in [0.25, 0.3) is 5.92 Å². The Bertz CT molecular complexity index is 1420. The van der Waals surface area contributed by atoms with Gasteiger partial charge in [0.2, 0.25) is 0 Å². The molecule has 4 heterocycles. The van der Waals surface area contributed by atoms with Gasteiger partial charge in [0.05, 0.1) is 23.8 Å². The lowest BCUT2D eigenvalue weighted by Gasteiger charge is -2.40. The van der Waals surface area contributed by atoms with E-state index in [2.05, 4.69) is 16.2 Å². The maximum Gasteiger partial charge on any atom is 0.338 e. The van der Waals surface area contributed by atoms with Crippen LogP contribution < -0.4 is 5.32 Å². The van der Waals surface area contributed by atoms with Gasteiger partial charge in [-0.25, -0.2) is 22.9 Å². The first-order valence-corrected chi connectivity index (χ1v) is 13.8. The number of carboxylic acids is 1. The van der Waals surface area contributed by atoms with E-state index in [-0.39, 0.29) is 60.1 Å². The number of rotatable bonds is 8. The van der Waals surface area contributed by atoms with E-state index >= 15 is 8.78 Å². The average Bonchev–Trinajstić information content (AvgIpc) is 3.48. The third-order valence-corrected chi connectivity index (χ3v) is 8.35. The Kier molecular flexibility index (Phi) is 7.70. The smallest absolute Gasteiger partial charge is 0.338 e. The van der Waals surface area contributed by atoms with Crippen molar-refractivity contribution in [1.29, 1.82) is 0 Å². The number of aliphatic imine (C=N–C) groups is 1. The van der Waals surface area contributed by atoms with Crippen molar-refractivity contribution in [2.24, 2.45) is 10.9 Å². The molecule has 3 aliphatic rings. The minimum absolute atomic E-state index is 0.0137.